The van der Waals surface area contributed by atoms with Crippen LogP contribution in [0, 0.1) is 0 Å². The number of para-hydroxylation sites is 1. The first-order valence-corrected chi connectivity index (χ1v) is 8.93. The average Bonchev–Trinajstić information content (AvgIpc) is 2.99. The number of hydrogen-bond acceptors (Lipinski definition) is 3. The Morgan fingerprint density at radius 2 is 2.05 bits per heavy atom. The normalized spacial score (nSPS) is 18.5. The monoisotopic (exact) mass is 315 g/mol. The number of rotatable bonds is 3. The molecule has 2 heterocycles. The number of carbonyl (C=O) groups is 1. The van der Waals surface area contributed by atoms with Gasteiger partial charge in [-0.05, 0) is 44.6 Å². The zero-order chi connectivity index (χ0) is 15.5. The average molecular weight is 315 g/mol. The molecule has 1 amide bonds. The Morgan fingerprint density at radius 1 is 1.27 bits per heavy atom. The van der Waals surface area contributed by atoms with Crippen molar-refractivity contribution in [2.45, 2.75) is 37.4 Å². The molecule has 0 N–H and O–H groups in total. The second kappa shape index (κ2) is 6.57. The van der Waals surface area contributed by atoms with Crippen LogP contribution in [0.25, 0.3) is 5.69 Å². The molecule has 0 saturated carbocycles. The van der Waals surface area contributed by atoms with Crippen LogP contribution in [0.3, 0.4) is 0 Å². The highest BCUT2D eigenvalue weighted by molar-refractivity contribution is 7.98. The molecule has 1 fully saturated rings. The standard InChI is InChI=1S/C17H21N3OS/c1-13-8-6-7-11-19(13)16(21)15-12-18-17(22-2)20(15)14-9-4-3-5-10-14/h3-5,9-10,12-13H,6-8,11H2,1-2H3. The third-order valence-corrected chi connectivity index (χ3v) is 4.86. The summed E-state index contributed by atoms with van der Waals surface area (Å²) < 4.78 is 1.97. The molecular weight excluding hydrogens is 294 g/mol. The number of likely N-dealkylation sites (tertiary alicyclic amines) is 1. The second-order valence-corrected chi connectivity index (χ2v) is 6.42. The summed E-state index contributed by atoms with van der Waals surface area (Å²) >= 11 is 1.56. The van der Waals surface area contributed by atoms with Gasteiger partial charge in [-0.2, -0.15) is 0 Å². The largest absolute Gasteiger partial charge is 0.335 e. The highest BCUT2D eigenvalue weighted by Crippen LogP contribution is 2.25. The molecule has 0 radical (unpaired) electrons. The number of nitrogens with zero attached hydrogens (tertiary/aromatic N) is 3. The smallest absolute Gasteiger partial charge is 0.272 e. The van der Waals surface area contributed by atoms with Crippen molar-refractivity contribution in [2.75, 3.05) is 12.8 Å². The van der Waals surface area contributed by atoms with Crippen molar-refractivity contribution in [3.05, 3.63) is 42.2 Å². The summed E-state index contributed by atoms with van der Waals surface area (Å²) in [6.07, 6.45) is 7.08. The summed E-state index contributed by atoms with van der Waals surface area (Å²) in [5, 5.41) is 0.846. The maximum absolute atomic E-state index is 13.0. The van der Waals surface area contributed by atoms with Crippen LogP contribution in [0.15, 0.2) is 41.7 Å². The highest BCUT2D eigenvalue weighted by atomic mass is 32.2. The van der Waals surface area contributed by atoms with Crippen LogP contribution in [-0.2, 0) is 0 Å². The first-order valence-electron chi connectivity index (χ1n) is 7.70. The Bertz CT molecular complexity index is 653. The van der Waals surface area contributed by atoms with E-state index in [1.165, 1.54) is 6.42 Å². The van der Waals surface area contributed by atoms with E-state index in [1.54, 1.807) is 18.0 Å². The minimum atomic E-state index is 0.0869. The first-order chi connectivity index (χ1) is 10.7. The molecule has 116 valence electrons. The van der Waals surface area contributed by atoms with Gasteiger partial charge in [-0.25, -0.2) is 4.98 Å². The minimum Gasteiger partial charge on any atom is -0.335 e. The van der Waals surface area contributed by atoms with Crippen LogP contribution in [0.4, 0.5) is 0 Å². The van der Waals surface area contributed by atoms with Crippen molar-refractivity contribution in [1.29, 1.82) is 0 Å². The fourth-order valence-electron chi connectivity index (χ4n) is 3.00. The molecule has 3 rings (SSSR count). The van der Waals surface area contributed by atoms with Gasteiger partial charge in [0.05, 0.1) is 6.20 Å². The predicted molar refractivity (Wildman–Crippen MR) is 89.7 cm³/mol. The topological polar surface area (TPSA) is 38.1 Å². The van der Waals surface area contributed by atoms with Gasteiger partial charge in [-0.1, -0.05) is 30.0 Å². The van der Waals surface area contributed by atoms with Gasteiger partial charge in [0.15, 0.2) is 5.16 Å². The molecule has 1 saturated heterocycles. The fourth-order valence-corrected chi connectivity index (χ4v) is 3.55. The Labute approximate surface area is 135 Å². The lowest BCUT2D eigenvalue weighted by Gasteiger charge is -2.33. The van der Waals surface area contributed by atoms with E-state index in [0.29, 0.717) is 11.7 Å². The lowest BCUT2D eigenvalue weighted by molar-refractivity contribution is 0.0626. The van der Waals surface area contributed by atoms with E-state index in [9.17, 15) is 4.79 Å². The lowest BCUT2D eigenvalue weighted by Crippen LogP contribution is -2.42. The molecule has 0 spiro atoms. The molecular formula is C17H21N3OS. The number of carbonyl (C=O) groups excluding carboxylic acids is 1. The van der Waals surface area contributed by atoms with Crippen LogP contribution in [0.2, 0.25) is 0 Å². The summed E-state index contributed by atoms with van der Waals surface area (Å²) in [6, 6.07) is 10.3. The van der Waals surface area contributed by atoms with Crippen LogP contribution >= 0.6 is 11.8 Å². The zero-order valence-electron chi connectivity index (χ0n) is 13.0. The van der Waals surface area contributed by atoms with E-state index < -0.39 is 0 Å². The van der Waals surface area contributed by atoms with Crippen molar-refractivity contribution < 1.29 is 4.79 Å². The van der Waals surface area contributed by atoms with Gasteiger partial charge in [-0.3, -0.25) is 9.36 Å². The number of benzene rings is 1. The summed E-state index contributed by atoms with van der Waals surface area (Å²) in [6.45, 7) is 2.98. The molecule has 22 heavy (non-hydrogen) atoms. The molecule has 0 bridgehead atoms. The maximum atomic E-state index is 13.0. The van der Waals surface area contributed by atoms with Crippen molar-refractivity contribution in [1.82, 2.24) is 14.5 Å². The van der Waals surface area contributed by atoms with Gasteiger partial charge in [0.2, 0.25) is 0 Å². The Morgan fingerprint density at radius 3 is 2.73 bits per heavy atom. The summed E-state index contributed by atoms with van der Waals surface area (Å²) in [7, 11) is 0. The molecule has 0 aliphatic carbocycles. The summed E-state index contributed by atoms with van der Waals surface area (Å²) in [4.78, 5) is 19.4. The molecule has 1 unspecified atom stereocenters. The highest BCUT2D eigenvalue weighted by Gasteiger charge is 2.27. The van der Waals surface area contributed by atoms with Crippen LogP contribution in [-0.4, -0.2) is 39.2 Å². The lowest BCUT2D eigenvalue weighted by atomic mass is 10.0. The minimum absolute atomic E-state index is 0.0869. The zero-order valence-corrected chi connectivity index (χ0v) is 13.8. The van der Waals surface area contributed by atoms with Gasteiger partial charge in [0.1, 0.15) is 5.69 Å². The Balaban J connectivity index is 2.00. The van der Waals surface area contributed by atoms with Crippen molar-refractivity contribution >= 4 is 17.7 Å². The Hall–Kier alpha value is -1.75. The Kier molecular flexibility index (Phi) is 4.52. The number of hydrogen-bond donors (Lipinski definition) is 0. The molecule has 5 heteroatoms. The van der Waals surface area contributed by atoms with Crippen molar-refractivity contribution in [3.8, 4) is 5.69 Å². The SMILES string of the molecule is CSc1ncc(C(=O)N2CCCCC2C)n1-c1ccccc1. The molecule has 1 aliphatic heterocycles. The molecule has 1 aromatic carbocycles. The quantitative estimate of drug-likeness (QED) is 0.812. The van der Waals surface area contributed by atoms with E-state index in [4.69, 9.17) is 0 Å². The van der Waals surface area contributed by atoms with Gasteiger partial charge in [-0.15, -0.1) is 0 Å². The van der Waals surface area contributed by atoms with Crippen LogP contribution in [0.1, 0.15) is 36.7 Å². The third kappa shape index (κ3) is 2.77. The maximum Gasteiger partial charge on any atom is 0.272 e. The summed E-state index contributed by atoms with van der Waals surface area (Å²) in [5.74, 6) is 0.0869. The van der Waals surface area contributed by atoms with E-state index >= 15 is 0 Å². The van der Waals surface area contributed by atoms with Crippen LogP contribution in [0.5, 0.6) is 0 Å². The molecule has 1 atom stereocenters. The predicted octanol–water partition coefficient (Wildman–Crippen LogP) is 3.61. The van der Waals surface area contributed by atoms with E-state index in [1.807, 2.05) is 46.1 Å². The molecule has 1 aliphatic rings. The third-order valence-electron chi connectivity index (χ3n) is 4.21. The number of aromatic nitrogens is 2. The number of imidazole rings is 1. The summed E-state index contributed by atoms with van der Waals surface area (Å²) in [5.41, 5.74) is 1.64. The molecule has 4 nitrogen and oxygen atoms in total. The molecule has 2 aromatic rings. The number of piperidine rings is 1. The van der Waals surface area contributed by atoms with Gasteiger partial charge < -0.3 is 4.90 Å². The van der Waals surface area contributed by atoms with Crippen molar-refractivity contribution in [3.63, 3.8) is 0 Å². The van der Waals surface area contributed by atoms with Gasteiger partial charge >= 0.3 is 0 Å². The fraction of sp³-hybridized carbons (Fsp3) is 0.412. The van der Waals surface area contributed by atoms with Crippen molar-refractivity contribution in [2.24, 2.45) is 0 Å². The first kappa shape index (κ1) is 15.2. The van der Waals surface area contributed by atoms with E-state index in [2.05, 4.69) is 11.9 Å². The van der Waals surface area contributed by atoms with E-state index in [-0.39, 0.29) is 5.91 Å². The van der Waals surface area contributed by atoms with Gasteiger partial charge in [0.25, 0.3) is 5.91 Å². The second-order valence-electron chi connectivity index (χ2n) is 5.64. The van der Waals surface area contributed by atoms with Crippen LogP contribution < -0.4 is 0 Å². The number of thioether (sulfide) groups is 1. The van der Waals surface area contributed by atoms with E-state index in [0.717, 1.165) is 30.2 Å². The number of amides is 1. The van der Waals surface area contributed by atoms with Gasteiger partial charge in [0, 0.05) is 18.3 Å². The molecule has 1 aromatic heterocycles.